The molecule has 0 bridgehead atoms. The zero-order chi connectivity index (χ0) is 23.2. The Morgan fingerprint density at radius 2 is 1.55 bits per heavy atom. The third-order valence-electron chi connectivity index (χ3n) is 4.26. The molecule has 0 unspecified atom stereocenters. The lowest BCUT2D eigenvalue weighted by molar-refractivity contribution is 0.104. The number of allylic oxidation sites excluding steroid dienone is 2. The van der Waals surface area contributed by atoms with E-state index in [4.69, 9.17) is 9.47 Å². The fraction of sp³-hybridized carbons (Fsp3) is 0.370. The summed E-state index contributed by atoms with van der Waals surface area (Å²) in [5.41, 5.74) is 2.68. The summed E-state index contributed by atoms with van der Waals surface area (Å²) in [7, 11) is 1.85. The molecule has 0 spiro atoms. The maximum absolute atomic E-state index is 12.7. The number of anilines is 1. The second-order valence-electron chi connectivity index (χ2n) is 9.44. The molecule has 2 rings (SSSR count). The van der Waals surface area contributed by atoms with Crippen LogP contribution in [0.3, 0.4) is 0 Å². The van der Waals surface area contributed by atoms with Crippen LogP contribution < -0.4 is 14.8 Å². The average molecular weight is 422 g/mol. The summed E-state index contributed by atoms with van der Waals surface area (Å²) in [5, 5.41) is 3.05. The Hall–Kier alpha value is -3.01. The lowest BCUT2D eigenvalue weighted by atomic mass is 10.0. The summed E-state index contributed by atoms with van der Waals surface area (Å²) in [6.07, 6.45) is 5.89. The molecule has 0 atom stereocenters. The molecule has 0 aliphatic carbocycles. The SMILES string of the molecule is C=CCc1cc(/C=C\C(=O)c2ccc(NC)cc2)c(OC(C)(C)C)cc1OC(C)(C)C. The maximum atomic E-state index is 12.7. The van der Waals surface area contributed by atoms with Gasteiger partial charge in [0.05, 0.1) is 0 Å². The molecule has 31 heavy (non-hydrogen) atoms. The first-order valence-electron chi connectivity index (χ1n) is 10.6. The molecule has 0 saturated carbocycles. The van der Waals surface area contributed by atoms with Crippen LogP contribution in [0.5, 0.6) is 11.5 Å². The molecule has 0 fully saturated rings. The molecule has 0 radical (unpaired) electrons. The Morgan fingerprint density at radius 3 is 2.06 bits per heavy atom. The zero-order valence-electron chi connectivity index (χ0n) is 19.8. The van der Waals surface area contributed by atoms with Gasteiger partial charge in [0, 0.05) is 29.9 Å². The van der Waals surface area contributed by atoms with Crippen molar-refractivity contribution < 1.29 is 14.3 Å². The number of nitrogens with one attached hydrogen (secondary N) is 1. The van der Waals surface area contributed by atoms with Crippen molar-refractivity contribution in [3.8, 4) is 11.5 Å². The molecule has 2 aromatic rings. The molecule has 0 heterocycles. The Kier molecular flexibility index (Phi) is 7.72. The topological polar surface area (TPSA) is 47.6 Å². The van der Waals surface area contributed by atoms with Crippen molar-refractivity contribution in [3.63, 3.8) is 0 Å². The summed E-state index contributed by atoms with van der Waals surface area (Å²) >= 11 is 0. The summed E-state index contributed by atoms with van der Waals surface area (Å²) in [6.45, 7) is 15.9. The minimum Gasteiger partial charge on any atom is -0.488 e. The molecule has 0 aromatic heterocycles. The normalized spacial score (nSPS) is 12.0. The lowest BCUT2D eigenvalue weighted by Gasteiger charge is -2.27. The van der Waals surface area contributed by atoms with Crippen LogP contribution in [0.2, 0.25) is 0 Å². The number of ketones is 1. The minimum atomic E-state index is -0.394. The Labute approximate surface area is 187 Å². The Balaban J connectivity index is 2.46. The largest absolute Gasteiger partial charge is 0.488 e. The third-order valence-corrected chi connectivity index (χ3v) is 4.26. The molecular weight excluding hydrogens is 386 g/mol. The zero-order valence-corrected chi connectivity index (χ0v) is 19.8. The second kappa shape index (κ2) is 9.86. The highest BCUT2D eigenvalue weighted by atomic mass is 16.5. The molecule has 1 N–H and O–H groups in total. The van der Waals surface area contributed by atoms with Gasteiger partial charge in [-0.25, -0.2) is 0 Å². The minimum absolute atomic E-state index is 0.0651. The standard InChI is InChI=1S/C27H35NO3/c1-9-10-20-17-21(13-16-23(29)19-11-14-22(28-8)15-12-19)25(31-27(5,6)7)18-24(20)30-26(2,3)4/h9,11-18,28H,1,10H2,2-8H3/b16-13-. The van der Waals surface area contributed by atoms with Gasteiger partial charge >= 0.3 is 0 Å². The van der Waals surface area contributed by atoms with E-state index in [0.717, 1.165) is 22.6 Å². The van der Waals surface area contributed by atoms with E-state index < -0.39 is 5.60 Å². The van der Waals surface area contributed by atoms with Crippen LogP contribution in [0.1, 0.15) is 63.0 Å². The first-order valence-corrected chi connectivity index (χ1v) is 10.6. The molecule has 4 heteroatoms. The second-order valence-corrected chi connectivity index (χ2v) is 9.44. The van der Waals surface area contributed by atoms with Crippen molar-refractivity contribution in [1.82, 2.24) is 0 Å². The van der Waals surface area contributed by atoms with Gasteiger partial charge in [-0.3, -0.25) is 4.79 Å². The highest BCUT2D eigenvalue weighted by Crippen LogP contribution is 2.35. The fourth-order valence-corrected chi connectivity index (χ4v) is 2.98. The summed E-state index contributed by atoms with van der Waals surface area (Å²) in [4.78, 5) is 12.7. The first kappa shape index (κ1) is 24.3. The van der Waals surface area contributed by atoms with Crippen LogP contribution >= 0.6 is 0 Å². The van der Waals surface area contributed by atoms with Gasteiger partial charge in [0.1, 0.15) is 22.7 Å². The van der Waals surface area contributed by atoms with Gasteiger partial charge < -0.3 is 14.8 Å². The van der Waals surface area contributed by atoms with Crippen molar-refractivity contribution in [2.24, 2.45) is 0 Å². The van der Waals surface area contributed by atoms with Gasteiger partial charge in [-0.2, -0.15) is 0 Å². The van der Waals surface area contributed by atoms with E-state index in [1.807, 2.05) is 97.1 Å². The predicted octanol–water partition coefficient (Wildman–Crippen LogP) is 6.71. The van der Waals surface area contributed by atoms with E-state index in [9.17, 15) is 4.79 Å². The number of carbonyl (C=O) groups is 1. The average Bonchev–Trinajstić information content (AvgIpc) is 2.66. The lowest BCUT2D eigenvalue weighted by Crippen LogP contribution is -2.25. The monoisotopic (exact) mass is 421 g/mol. The highest BCUT2D eigenvalue weighted by Gasteiger charge is 2.20. The molecular formula is C27H35NO3. The first-order chi connectivity index (χ1) is 14.4. The van der Waals surface area contributed by atoms with E-state index in [2.05, 4.69) is 11.9 Å². The predicted molar refractivity (Wildman–Crippen MR) is 130 cm³/mol. The van der Waals surface area contributed by atoms with Crippen LogP contribution in [-0.4, -0.2) is 24.0 Å². The van der Waals surface area contributed by atoms with Crippen molar-refractivity contribution in [3.05, 3.63) is 71.8 Å². The van der Waals surface area contributed by atoms with Crippen LogP contribution in [0.25, 0.3) is 6.08 Å². The van der Waals surface area contributed by atoms with Crippen LogP contribution in [0.4, 0.5) is 5.69 Å². The van der Waals surface area contributed by atoms with Gasteiger partial charge in [0.2, 0.25) is 0 Å². The quantitative estimate of drug-likeness (QED) is 0.292. The number of rotatable bonds is 8. The number of ether oxygens (including phenoxy) is 2. The van der Waals surface area contributed by atoms with Gasteiger partial charge in [-0.1, -0.05) is 6.08 Å². The van der Waals surface area contributed by atoms with E-state index in [1.54, 1.807) is 6.08 Å². The van der Waals surface area contributed by atoms with Crippen LogP contribution in [0.15, 0.2) is 55.1 Å². The molecule has 166 valence electrons. The van der Waals surface area contributed by atoms with Crippen molar-refractivity contribution in [2.75, 3.05) is 12.4 Å². The summed E-state index contributed by atoms with van der Waals surface area (Å²) in [5.74, 6) is 1.37. The Morgan fingerprint density at radius 1 is 0.968 bits per heavy atom. The Bertz CT molecular complexity index is 942. The van der Waals surface area contributed by atoms with Gasteiger partial charge in [0.25, 0.3) is 0 Å². The third kappa shape index (κ3) is 7.63. The number of hydrogen-bond acceptors (Lipinski definition) is 4. The number of carbonyl (C=O) groups excluding carboxylic acids is 1. The van der Waals surface area contributed by atoms with Crippen molar-refractivity contribution in [2.45, 2.75) is 59.2 Å². The molecule has 2 aromatic carbocycles. The number of benzene rings is 2. The molecule has 0 saturated heterocycles. The smallest absolute Gasteiger partial charge is 0.185 e. The fourth-order valence-electron chi connectivity index (χ4n) is 2.98. The highest BCUT2D eigenvalue weighted by molar-refractivity contribution is 6.07. The molecule has 0 aliphatic rings. The van der Waals surface area contributed by atoms with E-state index in [-0.39, 0.29) is 11.4 Å². The van der Waals surface area contributed by atoms with Crippen molar-refractivity contribution in [1.29, 1.82) is 0 Å². The summed E-state index contributed by atoms with van der Waals surface area (Å²) in [6, 6.07) is 11.3. The van der Waals surface area contributed by atoms with Crippen molar-refractivity contribution >= 4 is 17.5 Å². The van der Waals surface area contributed by atoms with Crippen LogP contribution in [-0.2, 0) is 6.42 Å². The van der Waals surface area contributed by atoms with E-state index >= 15 is 0 Å². The van der Waals surface area contributed by atoms with E-state index in [0.29, 0.717) is 17.7 Å². The van der Waals surface area contributed by atoms with E-state index in [1.165, 1.54) is 0 Å². The van der Waals surface area contributed by atoms with Gasteiger partial charge in [0.15, 0.2) is 5.78 Å². The van der Waals surface area contributed by atoms with Gasteiger partial charge in [-0.15, -0.1) is 6.58 Å². The van der Waals surface area contributed by atoms with Gasteiger partial charge in [-0.05, 0) is 96.0 Å². The summed E-state index contributed by atoms with van der Waals surface area (Å²) < 4.78 is 12.4. The maximum Gasteiger partial charge on any atom is 0.185 e. The molecule has 4 nitrogen and oxygen atoms in total. The molecule has 0 aliphatic heterocycles. The molecule has 0 amide bonds. The number of hydrogen-bond donors (Lipinski definition) is 1. The van der Waals surface area contributed by atoms with Crippen LogP contribution in [0, 0.1) is 0 Å².